The van der Waals surface area contributed by atoms with E-state index in [-0.39, 0.29) is 11.8 Å². The molecule has 0 saturated carbocycles. The van der Waals surface area contributed by atoms with Crippen LogP contribution in [0.4, 0.5) is 5.82 Å². The molecule has 1 saturated heterocycles. The highest BCUT2D eigenvalue weighted by Gasteiger charge is 2.32. The molecular formula is C17H21N3O4S. The van der Waals surface area contributed by atoms with Crippen molar-refractivity contribution in [2.24, 2.45) is 5.92 Å². The third-order valence-electron chi connectivity index (χ3n) is 4.42. The number of aryl methyl sites for hydroxylation is 2. The first-order valence-electron chi connectivity index (χ1n) is 8.18. The van der Waals surface area contributed by atoms with Crippen LogP contribution in [0.3, 0.4) is 0 Å². The van der Waals surface area contributed by atoms with Gasteiger partial charge in [-0.1, -0.05) is 23.4 Å². The van der Waals surface area contributed by atoms with Crippen molar-refractivity contribution in [1.29, 1.82) is 0 Å². The highest BCUT2D eigenvalue weighted by molar-refractivity contribution is 7.89. The number of rotatable bonds is 4. The first kappa shape index (κ1) is 17.6. The van der Waals surface area contributed by atoms with Gasteiger partial charge in [-0.15, -0.1) is 0 Å². The molecule has 1 amide bonds. The monoisotopic (exact) mass is 363 g/mol. The first-order valence-corrected chi connectivity index (χ1v) is 9.62. The Balaban J connectivity index is 1.63. The number of benzene rings is 1. The van der Waals surface area contributed by atoms with Gasteiger partial charge in [-0.05, 0) is 38.3 Å². The number of aromatic nitrogens is 1. The van der Waals surface area contributed by atoms with Gasteiger partial charge in [0.2, 0.25) is 15.9 Å². The second-order valence-electron chi connectivity index (χ2n) is 6.26. The van der Waals surface area contributed by atoms with E-state index in [4.69, 9.17) is 4.52 Å². The van der Waals surface area contributed by atoms with Crippen LogP contribution >= 0.6 is 0 Å². The van der Waals surface area contributed by atoms with Crippen LogP contribution in [-0.4, -0.2) is 36.9 Å². The number of carbonyl (C=O) groups excluding carboxylic acids is 1. The van der Waals surface area contributed by atoms with Crippen molar-refractivity contribution in [3.8, 4) is 0 Å². The summed E-state index contributed by atoms with van der Waals surface area (Å²) >= 11 is 0. The van der Waals surface area contributed by atoms with E-state index in [1.54, 1.807) is 38.1 Å². The van der Waals surface area contributed by atoms with Crippen molar-refractivity contribution in [1.82, 2.24) is 9.46 Å². The van der Waals surface area contributed by atoms with Crippen molar-refractivity contribution < 1.29 is 17.7 Å². The number of amides is 1. The van der Waals surface area contributed by atoms with Gasteiger partial charge in [-0.2, -0.15) is 4.31 Å². The van der Waals surface area contributed by atoms with Crippen LogP contribution in [0.2, 0.25) is 0 Å². The second kappa shape index (κ2) is 6.97. The zero-order valence-corrected chi connectivity index (χ0v) is 15.0. The van der Waals surface area contributed by atoms with Gasteiger partial charge in [-0.3, -0.25) is 4.79 Å². The third kappa shape index (κ3) is 3.74. The maximum atomic E-state index is 12.8. The largest absolute Gasteiger partial charge is 0.360 e. The average Bonchev–Trinajstić information content (AvgIpc) is 3.00. The molecule has 25 heavy (non-hydrogen) atoms. The number of hydrogen-bond donors (Lipinski definition) is 1. The molecule has 2 aromatic rings. The molecule has 1 aromatic heterocycles. The van der Waals surface area contributed by atoms with Crippen LogP contribution in [0.1, 0.15) is 24.2 Å². The van der Waals surface area contributed by atoms with Gasteiger partial charge < -0.3 is 9.84 Å². The summed E-state index contributed by atoms with van der Waals surface area (Å²) in [5.41, 5.74) is 0.726. The highest BCUT2D eigenvalue weighted by atomic mass is 32.2. The van der Waals surface area contributed by atoms with E-state index in [1.165, 1.54) is 4.31 Å². The maximum absolute atomic E-state index is 12.8. The lowest BCUT2D eigenvalue weighted by atomic mass is 9.97. The number of sulfonamides is 1. The molecule has 0 spiro atoms. The van der Waals surface area contributed by atoms with Crippen LogP contribution in [0.5, 0.6) is 0 Å². The van der Waals surface area contributed by atoms with E-state index in [1.807, 2.05) is 6.07 Å². The van der Waals surface area contributed by atoms with Crippen LogP contribution in [0, 0.1) is 19.8 Å². The molecule has 134 valence electrons. The lowest BCUT2D eigenvalue weighted by Crippen LogP contribution is -2.41. The summed E-state index contributed by atoms with van der Waals surface area (Å²) in [6, 6.07) is 8.59. The Hall–Kier alpha value is -2.19. The fourth-order valence-electron chi connectivity index (χ4n) is 3.00. The minimum Gasteiger partial charge on any atom is -0.360 e. The molecule has 2 heterocycles. The van der Waals surface area contributed by atoms with Gasteiger partial charge in [0.15, 0.2) is 5.82 Å². The SMILES string of the molecule is Cc1cc(NC(=O)C2CCN(S(=O)(=O)c3ccccc3C)CC2)no1. The van der Waals surface area contributed by atoms with Gasteiger partial charge >= 0.3 is 0 Å². The molecule has 3 rings (SSSR count). The van der Waals surface area contributed by atoms with E-state index >= 15 is 0 Å². The van der Waals surface area contributed by atoms with Gasteiger partial charge in [0.25, 0.3) is 0 Å². The van der Waals surface area contributed by atoms with Crippen LogP contribution in [0.15, 0.2) is 39.8 Å². The lowest BCUT2D eigenvalue weighted by molar-refractivity contribution is -0.120. The van der Waals surface area contributed by atoms with Gasteiger partial charge in [0.1, 0.15) is 5.76 Å². The standard InChI is InChI=1S/C17H21N3O4S/c1-12-5-3-4-6-15(12)25(22,23)20-9-7-14(8-10-20)17(21)18-16-11-13(2)24-19-16/h3-6,11,14H,7-10H2,1-2H3,(H,18,19,21). The number of nitrogens with one attached hydrogen (secondary N) is 1. The first-order chi connectivity index (χ1) is 11.9. The minimum absolute atomic E-state index is 0.152. The Morgan fingerprint density at radius 3 is 2.52 bits per heavy atom. The number of carbonyl (C=O) groups is 1. The molecule has 1 N–H and O–H groups in total. The van der Waals surface area contributed by atoms with Gasteiger partial charge in [0, 0.05) is 25.1 Å². The summed E-state index contributed by atoms with van der Waals surface area (Å²) in [7, 11) is -3.52. The number of nitrogens with zero attached hydrogens (tertiary/aromatic N) is 2. The summed E-state index contributed by atoms with van der Waals surface area (Å²) in [5.74, 6) is 0.619. The fraction of sp³-hybridized carbons (Fsp3) is 0.412. The van der Waals surface area contributed by atoms with Crippen molar-refractivity contribution in [2.45, 2.75) is 31.6 Å². The van der Waals surface area contributed by atoms with Crippen molar-refractivity contribution in [3.63, 3.8) is 0 Å². The maximum Gasteiger partial charge on any atom is 0.243 e. The third-order valence-corrected chi connectivity index (χ3v) is 6.47. The van der Waals surface area contributed by atoms with E-state index in [0.29, 0.717) is 42.4 Å². The smallest absolute Gasteiger partial charge is 0.243 e. The predicted octanol–water partition coefficient (Wildman–Crippen LogP) is 2.33. The molecule has 1 aliphatic rings. The average molecular weight is 363 g/mol. The van der Waals surface area contributed by atoms with E-state index < -0.39 is 10.0 Å². The number of anilines is 1. The summed E-state index contributed by atoms with van der Waals surface area (Å²) in [4.78, 5) is 12.6. The predicted molar refractivity (Wildman–Crippen MR) is 92.5 cm³/mol. The Morgan fingerprint density at radius 2 is 1.92 bits per heavy atom. The van der Waals surface area contributed by atoms with Crippen molar-refractivity contribution in [3.05, 3.63) is 41.7 Å². The topological polar surface area (TPSA) is 92.5 Å². The summed E-state index contributed by atoms with van der Waals surface area (Å²) < 4.78 is 31.9. The van der Waals surface area contributed by atoms with Gasteiger partial charge in [-0.25, -0.2) is 8.42 Å². The zero-order chi connectivity index (χ0) is 18.0. The second-order valence-corrected chi connectivity index (χ2v) is 8.16. The molecule has 0 bridgehead atoms. The molecule has 1 aromatic carbocycles. The zero-order valence-electron chi connectivity index (χ0n) is 14.2. The molecular weight excluding hydrogens is 342 g/mol. The summed E-state index contributed by atoms with van der Waals surface area (Å²) in [6.45, 7) is 4.18. The van der Waals surface area contributed by atoms with E-state index in [9.17, 15) is 13.2 Å². The molecule has 0 atom stereocenters. The Bertz CT molecular complexity index is 868. The molecule has 8 heteroatoms. The molecule has 1 fully saturated rings. The molecule has 0 radical (unpaired) electrons. The molecule has 7 nitrogen and oxygen atoms in total. The Kier molecular flexibility index (Phi) is 4.91. The van der Waals surface area contributed by atoms with E-state index in [0.717, 1.165) is 5.56 Å². The lowest BCUT2D eigenvalue weighted by Gasteiger charge is -2.30. The van der Waals surface area contributed by atoms with Crippen LogP contribution in [0.25, 0.3) is 0 Å². The number of piperidine rings is 1. The van der Waals surface area contributed by atoms with Crippen LogP contribution in [-0.2, 0) is 14.8 Å². The molecule has 0 unspecified atom stereocenters. The summed E-state index contributed by atoms with van der Waals surface area (Å²) in [5, 5.41) is 6.46. The molecule has 1 aliphatic heterocycles. The van der Waals surface area contributed by atoms with E-state index in [2.05, 4.69) is 10.5 Å². The minimum atomic E-state index is -3.52. The van der Waals surface area contributed by atoms with Crippen molar-refractivity contribution in [2.75, 3.05) is 18.4 Å². The van der Waals surface area contributed by atoms with Gasteiger partial charge in [0.05, 0.1) is 4.90 Å². The van der Waals surface area contributed by atoms with Crippen LogP contribution < -0.4 is 5.32 Å². The Labute approximate surface area is 147 Å². The van der Waals surface area contributed by atoms with Crippen molar-refractivity contribution >= 4 is 21.7 Å². The quantitative estimate of drug-likeness (QED) is 0.900. The Morgan fingerprint density at radius 1 is 1.24 bits per heavy atom. The fourth-order valence-corrected chi connectivity index (χ4v) is 4.69. The summed E-state index contributed by atoms with van der Waals surface area (Å²) in [6.07, 6.45) is 0.960. The highest BCUT2D eigenvalue weighted by Crippen LogP contribution is 2.26. The normalized spacial score (nSPS) is 16.7. The number of hydrogen-bond acceptors (Lipinski definition) is 5. The molecule has 0 aliphatic carbocycles.